The molecule has 0 bridgehead atoms. The van der Waals surface area contributed by atoms with E-state index in [1.807, 2.05) is 6.07 Å². The third-order valence-corrected chi connectivity index (χ3v) is 6.45. The number of anilines is 2. The molecule has 0 saturated carbocycles. The number of nitrogens with zero attached hydrogens (tertiary/aromatic N) is 2. The Morgan fingerprint density at radius 2 is 2.06 bits per heavy atom. The number of carbonyl (C=O) groups is 1. The average molecular weight is 494 g/mol. The first kappa shape index (κ1) is 24.2. The van der Waals surface area contributed by atoms with Gasteiger partial charge in [0.2, 0.25) is 0 Å². The maximum atomic E-state index is 12.5. The van der Waals surface area contributed by atoms with E-state index in [1.54, 1.807) is 12.3 Å². The first-order valence-corrected chi connectivity index (χ1v) is 11.9. The lowest BCUT2D eigenvalue weighted by Gasteiger charge is -2.35. The Labute approximate surface area is 203 Å². The molecule has 1 unspecified atom stereocenters. The molecule has 0 aromatic carbocycles. The molecule has 2 aromatic rings. The SMILES string of the molecule is CC1(C)CC(CNc2cnc(Cl)c(-c3cc(NC(=O)[C@H]4CNCCO4)ncc3Cl)c2)CCO1. The van der Waals surface area contributed by atoms with Crippen molar-refractivity contribution in [1.29, 1.82) is 0 Å². The zero-order valence-electron chi connectivity index (χ0n) is 18.8. The van der Waals surface area contributed by atoms with Gasteiger partial charge in [-0.1, -0.05) is 23.2 Å². The first-order valence-electron chi connectivity index (χ1n) is 11.1. The van der Waals surface area contributed by atoms with E-state index in [9.17, 15) is 4.79 Å². The number of morpholine rings is 1. The molecule has 1 amide bonds. The third-order valence-electron chi connectivity index (χ3n) is 5.85. The highest BCUT2D eigenvalue weighted by Crippen LogP contribution is 2.35. The maximum Gasteiger partial charge on any atom is 0.255 e. The van der Waals surface area contributed by atoms with Crippen LogP contribution in [0.1, 0.15) is 26.7 Å². The van der Waals surface area contributed by atoms with Gasteiger partial charge in [-0.3, -0.25) is 4.79 Å². The van der Waals surface area contributed by atoms with Crippen molar-refractivity contribution in [3.8, 4) is 11.1 Å². The van der Waals surface area contributed by atoms with Crippen LogP contribution in [0, 0.1) is 5.92 Å². The van der Waals surface area contributed by atoms with Crippen molar-refractivity contribution in [2.45, 2.75) is 38.4 Å². The highest BCUT2D eigenvalue weighted by atomic mass is 35.5. The number of halogens is 2. The summed E-state index contributed by atoms with van der Waals surface area (Å²) in [4.78, 5) is 21.1. The Hall–Kier alpha value is -1.97. The van der Waals surface area contributed by atoms with Gasteiger partial charge in [-0.25, -0.2) is 9.97 Å². The number of amides is 1. The lowest BCUT2D eigenvalue weighted by atomic mass is 9.88. The van der Waals surface area contributed by atoms with E-state index in [0.717, 1.165) is 38.2 Å². The van der Waals surface area contributed by atoms with Crippen LogP contribution in [0.5, 0.6) is 0 Å². The Morgan fingerprint density at radius 1 is 1.21 bits per heavy atom. The largest absolute Gasteiger partial charge is 0.384 e. The fourth-order valence-electron chi connectivity index (χ4n) is 4.18. The second-order valence-electron chi connectivity index (χ2n) is 9.01. The summed E-state index contributed by atoms with van der Waals surface area (Å²) in [5.74, 6) is 0.616. The average Bonchev–Trinajstić information content (AvgIpc) is 2.80. The van der Waals surface area contributed by atoms with Crippen molar-refractivity contribution in [2.24, 2.45) is 5.92 Å². The summed E-state index contributed by atoms with van der Waals surface area (Å²) in [5, 5.41) is 10.1. The maximum absolute atomic E-state index is 12.5. The molecule has 4 heterocycles. The summed E-state index contributed by atoms with van der Waals surface area (Å²) in [6, 6.07) is 3.62. The number of hydrogen-bond acceptors (Lipinski definition) is 7. The van der Waals surface area contributed by atoms with Crippen molar-refractivity contribution in [2.75, 3.05) is 43.5 Å². The summed E-state index contributed by atoms with van der Waals surface area (Å²) in [6.45, 7) is 7.52. The topological polar surface area (TPSA) is 97.4 Å². The minimum atomic E-state index is -0.562. The van der Waals surface area contributed by atoms with Crippen LogP contribution in [-0.4, -0.2) is 60.4 Å². The molecule has 0 aliphatic carbocycles. The van der Waals surface area contributed by atoms with Crippen LogP contribution in [0.3, 0.4) is 0 Å². The molecule has 2 aliphatic heterocycles. The van der Waals surface area contributed by atoms with Gasteiger partial charge in [0.1, 0.15) is 17.1 Å². The van der Waals surface area contributed by atoms with Gasteiger partial charge < -0.3 is 25.4 Å². The molecule has 3 N–H and O–H groups in total. The van der Waals surface area contributed by atoms with Gasteiger partial charge in [-0.05, 0) is 44.7 Å². The molecule has 178 valence electrons. The van der Waals surface area contributed by atoms with Crippen molar-refractivity contribution >= 4 is 40.6 Å². The Kier molecular flexibility index (Phi) is 7.71. The molecule has 0 radical (unpaired) electrons. The third kappa shape index (κ3) is 6.33. The second kappa shape index (κ2) is 10.5. The van der Waals surface area contributed by atoms with Crippen molar-refractivity contribution in [3.63, 3.8) is 0 Å². The van der Waals surface area contributed by atoms with E-state index in [0.29, 0.717) is 46.2 Å². The van der Waals surface area contributed by atoms with Crippen LogP contribution in [0.25, 0.3) is 11.1 Å². The number of aromatic nitrogens is 2. The fraction of sp³-hybridized carbons (Fsp3) is 0.522. The summed E-state index contributed by atoms with van der Waals surface area (Å²) >= 11 is 12.9. The molecule has 8 nitrogen and oxygen atoms in total. The fourth-order valence-corrected chi connectivity index (χ4v) is 4.59. The predicted molar refractivity (Wildman–Crippen MR) is 130 cm³/mol. The zero-order chi connectivity index (χ0) is 23.4. The summed E-state index contributed by atoms with van der Waals surface area (Å²) in [6.07, 6.45) is 4.65. The number of hydrogen-bond donors (Lipinski definition) is 3. The minimum Gasteiger partial charge on any atom is -0.384 e. The Morgan fingerprint density at radius 3 is 2.82 bits per heavy atom. The van der Waals surface area contributed by atoms with E-state index in [-0.39, 0.29) is 11.5 Å². The van der Waals surface area contributed by atoms with Crippen LogP contribution in [-0.2, 0) is 14.3 Å². The monoisotopic (exact) mass is 493 g/mol. The molecule has 10 heteroatoms. The standard InChI is InChI=1S/C23H29Cl2N5O3/c1-23(2)9-14(3-5-33-23)10-27-15-7-17(21(25)29-11-15)16-8-20(28-12-18(16)24)30-22(31)19-13-26-4-6-32-19/h7-8,11-12,14,19,26-27H,3-6,9-10,13H2,1-2H3,(H,28,30,31)/t14?,19-/m1/s1. The van der Waals surface area contributed by atoms with Crippen molar-refractivity contribution < 1.29 is 14.3 Å². The van der Waals surface area contributed by atoms with Gasteiger partial charge in [0.05, 0.1) is 29.1 Å². The molecule has 2 aromatic heterocycles. The summed E-state index contributed by atoms with van der Waals surface area (Å²) in [5.41, 5.74) is 2.04. The Balaban J connectivity index is 1.48. The van der Waals surface area contributed by atoms with Crippen LogP contribution >= 0.6 is 23.2 Å². The highest BCUT2D eigenvalue weighted by molar-refractivity contribution is 6.36. The number of rotatable bonds is 6. The van der Waals surface area contributed by atoms with Crippen molar-refractivity contribution in [3.05, 3.63) is 34.7 Å². The van der Waals surface area contributed by atoms with E-state index in [1.165, 1.54) is 6.20 Å². The van der Waals surface area contributed by atoms with E-state index < -0.39 is 6.10 Å². The van der Waals surface area contributed by atoms with Crippen molar-refractivity contribution in [1.82, 2.24) is 15.3 Å². The van der Waals surface area contributed by atoms with Crippen LogP contribution in [0.15, 0.2) is 24.5 Å². The van der Waals surface area contributed by atoms with Gasteiger partial charge in [0, 0.05) is 43.6 Å². The second-order valence-corrected chi connectivity index (χ2v) is 9.78. The first-order chi connectivity index (χ1) is 15.8. The highest BCUT2D eigenvalue weighted by Gasteiger charge is 2.28. The molecule has 33 heavy (non-hydrogen) atoms. The summed E-state index contributed by atoms with van der Waals surface area (Å²) < 4.78 is 11.3. The number of carbonyl (C=O) groups excluding carboxylic acids is 1. The summed E-state index contributed by atoms with van der Waals surface area (Å²) in [7, 11) is 0. The smallest absolute Gasteiger partial charge is 0.255 e. The number of ether oxygens (including phenoxy) is 2. The lowest BCUT2D eigenvalue weighted by molar-refractivity contribution is -0.128. The predicted octanol–water partition coefficient (Wildman–Crippen LogP) is 3.99. The quantitative estimate of drug-likeness (QED) is 0.523. The number of pyridine rings is 2. The Bertz CT molecular complexity index is 998. The van der Waals surface area contributed by atoms with Gasteiger partial charge in [0.15, 0.2) is 0 Å². The molecule has 2 aliphatic rings. The number of nitrogens with one attached hydrogen (secondary N) is 3. The van der Waals surface area contributed by atoms with Gasteiger partial charge in [-0.2, -0.15) is 0 Å². The van der Waals surface area contributed by atoms with Gasteiger partial charge >= 0.3 is 0 Å². The minimum absolute atomic E-state index is 0.0991. The zero-order valence-corrected chi connectivity index (χ0v) is 20.3. The van der Waals surface area contributed by atoms with Gasteiger partial charge in [-0.15, -0.1) is 0 Å². The molecule has 2 atom stereocenters. The molecule has 0 spiro atoms. The van der Waals surface area contributed by atoms with Gasteiger partial charge in [0.25, 0.3) is 5.91 Å². The molecular formula is C23H29Cl2N5O3. The van der Waals surface area contributed by atoms with Crippen LogP contribution in [0.2, 0.25) is 10.2 Å². The van der Waals surface area contributed by atoms with Crippen LogP contribution in [0.4, 0.5) is 11.5 Å². The normalized spacial score (nSPS) is 22.5. The van der Waals surface area contributed by atoms with E-state index in [4.69, 9.17) is 32.7 Å². The molecule has 2 fully saturated rings. The molecule has 4 rings (SSSR count). The van der Waals surface area contributed by atoms with Crippen LogP contribution < -0.4 is 16.0 Å². The van der Waals surface area contributed by atoms with E-state index >= 15 is 0 Å². The molecule has 2 saturated heterocycles. The van der Waals surface area contributed by atoms with E-state index in [2.05, 4.69) is 39.8 Å². The lowest BCUT2D eigenvalue weighted by Crippen LogP contribution is -2.45. The molecular weight excluding hydrogens is 465 g/mol.